The lowest BCUT2D eigenvalue weighted by Crippen LogP contribution is -2.43. The lowest BCUT2D eigenvalue weighted by atomic mass is 9.98. The van der Waals surface area contributed by atoms with Gasteiger partial charge in [-0.1, -0.05) is 59.3 Å². The van der Waals surface area contributed by atoms with Crippen molar-refractivity contribution in [2.24, 2.45) is 5.92 Å². The van der Waals surface area contributed by atoms with Crippen LogP contribution in [0.15, 0.2) is 0 Å². The van der Waals surface area contributed by atoms with Crippen molar-refractivity contribution in [2.45, 2.75) is 136 Å². The van der Waals surface area contributed by atoms with Gasteiger partial charge in [-0.05, 0) is 32.1 Å². The van der Waals surface area contributed by atoms with Gasteiger partial charge in [-0.3, -0.25) is 19.2 Å². The SMILES string of the molecule is C#CC(OC(=O)CCCC)[C@H]1C[C@@H](OC(=O)CCCC)[C@@H](OC(=O)CCCC)[C@@H]1OC(=O)CCCC. The predicted molar refractivity (Wildman–Crippen MR) is 135 cm³/mol. The molecule has 8 heteroatoms. The topological polar surface area (TPSA) is 105 Å². The zero-order chi connectivity index (χ0) is 26.9. The van der Waals surface area contributed by atoms with Crippen molar-refractivity contribution in [1.29, 1.82) is 0 Å². The van der Waals surface area contributed by atoms with Crippen LogP contribution in [0.3, 0.4) is 0 Å². The second-order valence-electron chi connectivity index (χ2n) is 9.33. The van der Waals surface area contributed by atoms with E-state index < -0.39 is 54.2 Å². The summed E-state index contributed by atoms with van der Waals surface area (Å²) in [5, 5.41) is 0. The Labute approximate surface area is 216 Å². The quantitative estimate of drug-likeness (QED) is 0.153. The summed E-state index contributed by atoms with van der Waals surface area (Å²) in [5.41, 5.74) is 0. The highest BCUT2D eigenvalue weighted by atomic mass is 16.6. The van der Waals surface area contributed by atoms with Gasteiger partial charge in [-0.2, -0.15) is 0 Å². The lowest BCUT2D eigenvalue weighted by molar-refractivity contribution is -0.180. The first kappa shape index (κ1) is 31.5. The lowest BCUT2D eigenvalue weighted by Gasteiger charge is -2.28. The fourth-order valence-electron chi connectivity index (χ4n) is 4.08. The van der Waals surface area contributed by atoms with Gasteiger partial charge in [0.15, 0.2) is 12.2 Å². The van der Waals surface area contributed by atoms with Crippen LogP contribution in [0.1, 0.15) is 111 Å². The van der Waals surface area contributed by atoms with Crippen molar-refractivity contribution in [3.05, 3.63) is 0 Å². The summed E-state index contributed by atoms with van der Waals surface area (Å²) >= 11 is 0. The summed E-state index contributed by atoms with van der Waals surface area (Å²) in [6.07, 6.45) is 8.65. The van der Waals surface area contributed by atoms with E-state index in [9.17, 15) is 19.2 Å². The van der Waals surface area contributed by atoms with Gasteiger partial charge < -0.3 is 18.9 Å². The molecule has 0 heterocycles. The molecule has 0 amide bonds. The van der Waals surface area contributed by atoms with Crippen molar-refractivity contribution in [2.75, 3.05) is 0 Å². The molecule has 1 unspecified atom stereocenters. The van der Waals surface area contributed by atoms with Crippen molar-refractivity contribution < 1.29 is 38.1 Å². The Morgan fingerprint density at radius 3 is 1.56 bits per heavy atom. The van der Waals surface area contributed by atoms with Crippen molar-refractivity contribution >= 4 is 23.9 Å². The van der Waals surface area contributed by atoms with Crippen LogP contribution in [0.25, 0.3) is 0 Å². The average molecular weight is 509 g/mol. The molecule has 0 aromatic heterocycles. The normalized spacial score (nSPS) is 21.8. The van der Waals surface area contributed by atoms with Crippen LogP contribution in [0.2, 0.25) is 0 Å². The Morgan fingerprint density at radius 2 is 1.11 bits per heavy atom. The maximum Gasteiger partial charge on any atom is 0.307 e. The molecule has 1 aliphatic carbocycles. The maximum absolute atomic E-state index is 12.6. The smallest absolute Gasteiger partial charge is 0.307 e. The van der Waals surface area contributed by atoms with Gasteiger partial charge in [0.05, 0.1) is 5.92 Å². The Kier molecular flexibility index (Phi) is 15.6. The first-order valence-electron chi connectivity index (χ1n) is 13.5. The van der Waals surface area contributed by atoms with Crippen LogP contribution < -0.4 is 0 Å². The van der Waals surface area contributed by atoms with E-state index in [4.69, 9.17) is 25.4 Å². The molecular formula is C28H44O8. The van der Waals surface area contributed by atoms with Crippen LogP contribution in [0, 0.1) is 18.3 Å². The van der Waals surface area contributed by atoms with Gasteiger partial charge in [0.1, 0.15) is 12.2 Å². The van der Waals surface area contributed by atoms with E-state index in [1.165, 1.54) is 0 Å². The average Bonchev–Trinajstić information content (AvgIpc) is 3.17. The first-order chi connectivity index (χ1) is 17.3. The highest BCUT2D eigenvalue weighted by molar-refractivity contribution is 5.72. The highest BCUT2D eigenvalue weighted by Gasteiger charge is 2.53. The standard InChI is InChI=1S/C28H44O8/c1-6-11-15-23(29)33-21(10-5)20-19-22(34-24(30)16-12-7-2)28(36-26(32)18-14-9-4)27(20)35-25(31)17-13-8-3/h5,20-22,27-28H,6-9,11-19H2,1-4H3/t20-,21?,22-,27-,28-/m1/s1. The van der Waals surface area contributed by atoms with E-state index in [0.717, 1.165) is 25.7 Å². The monoisotopic (exact) mass is 508 g/mol. The molecule has 0 aromatic rings. The summed E-state index contributed by atoms with van der Waals surface area (Å²) in [6.45, 7) is 7.84. The number of hydrogen-bond acceptors (Lipinski definition) is 8. The van der Waals surface area contributed by atoms with Gasteiger partial charge in [-0.25, -0.2) is 0 Å². The minimum Gasteiger partial charge on any atom is -0.458 e. The number of hydrogen-bond donors (Lipinski definition) is 0. The Balaban J connectivity index is 3.24. The van der Waals surface area contributed by atoms with Gasteiger partial charge >= 0.3 is 23.9 Å². The van der Waals surface area contributed by atoms with Crippen LogP contribution in [0.5, 0.6) is 0 Å². The predicted octanol–water partition coefficient (Wildman–Crippen LogP) is 5.05. The van der Waals surface area contributed by atoms with Gasteiger partial charge in [0, 0.05) is 25.7 Å². The fourth-order valence-corrected chi connectivity index (χ4v) is 4.08. The minimum atomic E-state index is -1.03. The molecule has 0 N–H and O–H groups in total. The van der Waals surface area contributed by atoms with Crippen LogP contribution in [0.4, 0.5) is 0 Å². The van der Waals surface area contributed by atoms with Gasteiger partial charge in [0.2, 0.25) is 0 Å². The molecule has 0 radical (unpaired) electrons. The van der Waals surface area contributed by atoms with Crippen molar-refractivity contribution in [3.63, 3.8) is 0 Å². The molecule has 0 aromatic carbocycles. The van der Waals surface area contributed by atoms with E-state index in [-0.39, 0.29) is 32.1 Å². The second kappa shape index (κ2) is 17.8. The van der Waals surface area contributed by atoms with Crippen LogP contribution >= 0.6 is 0 Å². The zero-order valence-corrected chi connectivity index (χ0v) is 22.4. The molecule has 1 saturated carbocycles. The van der Waals surface area contributed by atoms with E-state index >= 15 is 0 Å². The van der Waals surface area contributed by atoms with Gasteiger partial charge in [-0.15, -0.1) is 6.42 Å². The van der Waals surface area contributed by atoms with E-state index in [1.807, 2.05) is 27.7 Å². The summed E-state index contributed by atoms with van der Waals surface area (Å²) in [7, 11) is 0. The summed E-state index contributed by atoms with van der Waals surface area (Å²) in [5.74, 6) is 0.00950. The highest BCUT2D eigenvalue weighted by Crippen LogP contribution is 2.38. The third-order valence-corrected chi connectivity index (χ3v) is 6.18. The molecular weight excluding hydrogens is 464 g/mol. The van der Waals surface area contributed by atoms with E-state index in [0.29, 0.717) is 25.7 Å². The molecule has 204 valence electrons. The molecule has 1 fully saturated rings. The Hall–Kier alpha value is -2.56. The number of esters is 4. The molecule has 5 atom stereocenters. The number of rotatable bonds is 17. The van der Waals surface area contributed by atoms with Gasteiger partial charge in [0.25, 0.3) is 0 Å². The Bertz CT molecular complexity index is 740. The molecule has 36 heavy (non-hydrogen) atoms. The largest absolute Gasteiger partial charge is 0.458 e. The number of unbranched alkanes of at least 4 members (excludes halogenated alkanes) is 4. The first-order valence-corrected chi connectivity index (χ1v) is 13.5. The fraction of sp³-hybridized carbons (Fsp3) is 0.786. The van der Waals surface area contributed by atoms with E-state index in [2.05, 4.69) is 5.92 Å². The molecule has 0 bridgehead atoms. The van der Waals surface area contributed by atoms with Crippen molar-refractivity contribution in [3.8, 4) is 12.3 Å². The molecule has 8 nitrogen and oxygen atoms in total. The third-order valence-electron chi connectivity index (χ3n) is 6.18. The molecule has 0 aliphatic heterocycles. The number of carbonyl (C=O) groups is 4. The Morgan fingerprint density at radius 1 is 0.694 bits per heavy atom. The maximum atomic E-state index is 12.6. The van der Waals surface area contributed by atoms with E-state index in [1.54, 1.807) is 0 Å². The summed E-state index contributed by atoms with van der Waals surface area (Å²) in [6, 6.07) is 0. The second-order valence-corrected chi connectivity index (χ2v) is 9.33. The summed E-state index contributed by atoms with van der Waals surface area (Å²) in [4.78, 5) is 50.0. The third kappa shape index (κ3) is 11.0. The molecule has 1 aliphatic rings. The molecule has 1 rings (SSSR count). The number of ether oxygens (including phenoxy) is 4. The summed E-state index contributed by atoms with van der Waals surface area (Å²) < 4.78 is 22.8. The number of carbonyl (C=O) groups excluding carboxylic acids is 4. The molecule has 0 spiro atoms. The van der Waals surface area contributed by atoms with Crippen LogP contribution in [-0.4, -0.2) is 48.3 Å². The number of terminal acetylenes is 1. The van der Waals surface area contributed by atoms with Crippen LogP contribution in [-0.2, 0) is 38.1 Å². The zero-order valence-electron chi connectivity index (χ0n) is 22.4. The minimum absolute atomic E-state index is 0.144. The molecule has 0 saturated heterocycles. The van der Waals surface area contributed by atoms with Crippen molar-refractivity contribution in [1.82, 2.24) is 0 Å².